The van der Waals surface area contributed by atoms with Crippen LogP contribution in [0.3, 0.4) is 0 Å². The summed E-state index contributed by atoms with van der Waals surface area (Å²) in [6.07, 6.45) is 2.20. The van der Waals surface area contributed by atoms with E-state index in [4.69, 9.17) is 5.26 Å². The number of rotatable bonds is 9. The molecule has 0 rings (SSSR count). The molecule has 9 heteroatoms. The molecule has 0 amide bonds. The molecule has 0 aliphatic carbocycles. The highest BCUT2D eigenvalue weighted by Gasteiger charge is 2.29. The zero-order chi connectivity index (χ0) is 14.0. The first-order valence-corrected chi connectivity index (χ1v) is 8.12. The lowest BCUT2D eigenvalue weighted by atomic mass is 10.2. The predicted molar refractivity (Wildman–Crippen MR) is 67.9 cm³/mol. The molecule has 0 spiro atoms. The van der Waals surface area contributed by atoms with E-state index >= 15 is 0 Å². The summed E-state index contributed by atoms with van der Waals surface area (Å²) in [6, 6.07) is 0.879. The second-order valence-corrected chi connectivity index (χ2v) is 5.79. The second-order valence-electron chi connectivity index (χ2n) is 3.25. The minimum atomic E-state index is -4.10. The smallest absolute Gasteiger partial charge is 0.403 e. The third kappa shape index (κ3) is 7.69. The SMILES string of the molecule is COC(=O)[C@H](CCSC)NP(=O)(O)OCCC#N. The number of nitrogens with one attached hydrogen (secondary N) is 1. The van der Waals surface area contributed by atoms with E-state index in [9.17, 15) is 14.3 Å². The van der Waals surface area contributed by atoms with Crippen LogP contribution in [0, 0.1) is 11.3 Å². The van der Waals surface area contributed by atoms with Gasteiger partial charge in [-0.05, 0) is 18.4 Å². The monoisotopic (exact) mass is 296 g/mol. The van der Waals surface area contributed by atoms with Gasteiger partial charge in [0.2, 0.25) is 0 Å². The maximum atomic E-state index is 11.6. The lowest BCUT2D eigenvalue weighted by molar-refractivity contribution is -0.142. The van der Waals surface area contributed by atoms with Gasteiger partial charge in [0, 0.05) is 0 Å². The Labute approximate surface area is 110 Å². The summed E-state index contributed by atoms with van der Waals surface area (Å²) in [4.78, 5) is 20.8. The van der Waals surface area contributed by atoms with Gasteiger partial charge in [-0.15, -0.1) is 0 Å². The number of esters is 1. The van der Waals surface area contributed by atoms with E-state index in [0.29, 0.717) is 12.2 Å². The average Bonchev–Trinajstić information content (AvgIpc) is 2.33. The first kappa shape index (κ1) is 17.4. The molecule has 2 atom stereocenters. The number of nitriles is 1. The first-order chi connectivity index (χ1) is 8.46. The maximum absolute atomic E-state index is 11.6. The highest BCUT2D eigenvalue weighted by atomic mass is 32.2. The van der Waals surface area contributed by atoms with Crippen molar-refractivity contribution < 1.29 is 23.5 Å². The van der Waals surface area contributed by atoms with Crippen LogP contribution in [0.1, 0.15) is 12.8 Å². The van der Waals surface area contributed by atoms with Crippen molar-refractivity contribution in [1.29, 1.82) is 5.26 Å². The third-order valence-electron chi connectivity index (χ3n) is 1.90. The van der Waals surface area contributed by atoms with Gasteiger partial charge in [-0.25, -0.2) is 9.65 Å². The Hall–Kier alpha value is -0.580. The van der Waals surface area contributed by atoms with Crippen LogP contribution in [0.25, 0.3) is 0 Å². The van der Waals surface area contributed by atoms with E-state index in [1.165, 1.54) is 18.9 Å². The van der Waals surface area contributed by atoms with E-state index in [2.05, 4.69) is 14.3 Å². The molecule has 1 unspecified atom stereocenters. The molecule has 0 aromatic carbocycles. The molecule has 0 radical (unpaired) electrons. The Kier molecular flexibility index (Phi) is 9.06. The van der Waals surface area contributed by atoms with Gasteiger partial charge in [0.25, 0.3) is 0 Å². The summed E-state index contributed by atoms with van der Waals surface area (Å²) in [5.41, 5.74) is 0. The van der Waals surface area contributed by atoms with Gasteiger partial charge in [-0.1, -0.05) is 0 Å². The Balaban J connectivity index is 4.40. The molecule has 0 aliphatic heterocycles. The van der Waals surface area contributed by atoms with E-state index in [1.54, 1.807) is 6.07 Å². The molecule has 0 bridgehead atoms. The van der Waals surface area contributed by atoms with Crippen LogP contribution in [-0.4, -0.2) is 42.6 Å². The molecule has 18 heavy (non-hydrogen) atoms. The van der Waals surface area contributed by atoms with Crippen molar-refractivity contribution in [3.8, 4) is 6.07 Å². The van der Waals surface area contributed by atoms with Crippen molar-refractivity contribution in [3.05, 3.63) is 0 Å². The number of methoxy groups -OCH3 is 1. The lowest BCUT2D eigenvalue weighted by Crippen LogP contribution is -2.36. The van der Waals surface area contributed by atoms with Crippen molar-refractivity contribution in [1.82, 2.24) is 5.09 Å². The highest BCUT2D eigenvalue weighted by Crippen LogP contribution is 2.38. The number of carbonyl (C=O) groups excluding carboxylic acids is 1. The van der Waals surface area contributed by atoms with Crippen molar-refractivity contribution in [2.75, 3.05) is 25.7 Å². The zero-order valence-electron chi connectivity index (χ0n) is 10.3. The van der Waals surface area contributed by atoms with Crippen LogP contribution < -0.4 is 5.09 Å². The number of thioether (sulfide) groups is 1. The minimum absolute atomic E-state index is 0.0000667. The van der Waals surface area contributed by atoms with Crippen LogP contribution in [0.4, 0.5) is 0 Å². The van der Waals surface area contributed by atoms with Gasteiger partial charge < -0.3 is 9.63 Å². The number of nitrogens with zero attached hydrogens (tertiary/aromatic N) is 1. The fraction of sp³-hybridized carbons (Fsp3) is 0.778. The van der Waals surface area contributed by atoms with Crippen molar-refractivity contribution in [3.63, 3.8) is 0 Å². The fourth-order valence-electron chi connectivity index (χ4n) is 1.06. The zero-order valence-corrected chi connectivity index (χ0v) is 12.0. The summed E-state index contributed by atoms with van der Waals surface area (Å²) in [7, 11) is -2.89. The first-order valence-electron chi connectivity index (χ1n) is 5.15. The van der Waals surface area contributed by atoms with Crippen LogP contribution >= 0.6 is 19.5 Å². The third-order valence-corrected chi connectivity index (χ3v) is 3.71. The molecule has 0 heterocycles. The molecular weight excluding hydrogens is 279 g/mol. The topological polar surface area (TPSA) is 109 Å². The van der Waals surface area contributed by atoms with Crippen molar-refractivity contribution >= 4 is 25.5 Å². The van der Waals surface area contributed by atoms with E-state index in [0.717, 1.165) is 0 Å². The second kappa shape index (κ2) is 9.36. The van der Waals surface area contributed by atoms with Crippen LogP contribution in [0.2, 0.25) is 0 Å². The van der Waals surface area contributed by atoms with Crippen molar-refractivity contribution in [2.24, 2.45) is 0 Å². The molecule has 104 valence electrons. The predicted octanol–water partition coefficient (Wildman–Crippen LogP) is 0.901. The lowest BCUT2D eigenvalue weighted by Gasteiger charge is -2.19. The van der Waals surface area contributed by atoms with Crippen molar-refractivity contribution in [2.45, 2.75) is 18.9 Å². The largest absolute Gasteiger partial charge is 0.468 e. The van der Waals surface area contributed by atoms with Gasteiger partial charge in [0.05, 0.1) is 26.2 Å². The molecule has 0 aromatic rings. The van der Waals surface area contributed by atoms with Gasteiger partial charge in [0.1, 0.15) is 6.04 Å². The molecule has 0 saturated carbocycles. The molecule has 0 aromatic heterocycles. The standard InChI is InChI=1S/C9H17N2O5PS/c1-15-9(12)8(4-7-18-2)11-17(13,14)16-6-3-5-10/h8H,3-4,6-7H2,1-2H3,(H2,11,13,14)/t8-/m0/s1. The number of hydrogen-bond acceptors (Lipinski definition) is 6. The van der Waals surface area contributed by atoms with E-state index < -0.39 is 19.8 Å². The maximum Gasteiger partial charge on any atom is 0.403 e. The Morgan fingerprint density at radius 3 is 2.83 bits per heavy atom. The fourth-order valence-corrected chi connectivity index (χ4v) is 2.58. The molecule has 7 nitrogen and oxygen atoms in total. The van der Waals surface area contributed by atoms with Crippen LogP contribution in [0.5, 0.6) is 0 Å². The average molecular weight is 296 g/mol. The molecular formula is C9H17N2O5PS. The molecule has 2 N–H and O–H groups in total. The number of carbonyl (C=O) groups is 1. The van der Waals surface area contributed by atoms with Gasteiger partial charge in [-0.2, -0.15) is 17.0 Å². The van der Waals surface area contributed by atoms with Crippen LogP contribution in [-0.2, 0) is 18.6 Å². The Morgan fingerprint density at radius 2 is 2.33 bits per heavy atom. The van der Waals surface area contributed by atoms with E-state index in [-0.39, 0.29) is 13.0 Å². The van der Waals surface area contributed by atoms with Gasteiger partial charge >= 0.3 is 13.7 Å². The Bertz CT molecular complexity index is 346. The van der Waals surface area contributed by atoms with Gasteiger partial charge in [0.15, 0.2) is 0 Å². The summed E-state index contributed by atoms with van der Waals surface area (Å²) in [5, 5.41) is 10.5. The summed E-state index contributed by atoms with van der Waals surface area (Å²) in [5.74, 6) is 0.00697. The Morgan fingerprint density at radius 1 is 1.67 bits per heavy atom. The van der Waals surface area contributed by atoms with Crippen LogP contribution in [0.15, 0.2) is 0 Å². The van der Waals surface area contributed by atoms with E-state index in [1.807, 2.05) is 6.26 Å². The summed E-state index contributed by atoms with van der Waals surface area (Å²) in [6.45, 7) is -0.173. The molecule has 0 aliphatic rings. The number of ether oxygens (including phenoxy) is 1. The normalized spacial score (nSPS) is 15.4. The summed E-state index contributed by atoms with van der Waals surface area (Å²) >= 11 is 1.50. The quantitative estimate of drug-likeness (QED) is 0.367. The van der Waals surface area contributed by atoms with Gasteiger partial charge in [-0.3, -0.25) is 9.32 Å². The summed E-state index contributed by atoms with van der Waals surface area (Å²) < 4.78 is 20.7. The molecule has 0 saturated heterocycles. The molecule has 0 fully saturated rings. The highest BCUT2D eigenvalue weighted by molar-refractivity contribution is 7.98. The number of hydrogen-bond donors (Lipinski definition) is 2. The minimum Gasteiger partial charge on any atom is -0.468 e.